The molecule has 0 rings (SSSR count). The monoisotopic (exact) mass is 326 g/mol. The zero-order chi connectivity index (χ0) is 2.00. The Morgan fingerprint density at radius 1 is 1.50 bits per heavy atom. The van der Waals surface area contributed by atoms with Crippen molar-refractivity contribution in [2.75, 3.05) is 0 Å². The molecular weight excluding hydrogens is 321 g/mol. The van der Waals surface area contributed by atoms with Crippen LogP contribution in [0.15, 0.2) is 0 Å². The second-order valence-electron chi connectivity index (χ2n) is 0. The summed E-state index contributed by atoms with van der Waals surface area (Å²) in [5, 5.41) is 0. The maximum atomic E-state index is 8.00. The molecule has 0 aromatic heterocycles. The van der Waals surface area contributed by atoms with E-state index in [1.54, 1.807) is 0 Å². The van der Waals surface area contributed by atoms with Crippen LogP contribution in [0.3, 0.4) is 0 Å². The third kappa shape index (κ3) is 8.82. The quantitative estimate of drug-likeness (QED) is 0.498. The Bertz CT molecular complexity index is 13.5. The zero-order valence-corrected chi connectivity index (χ0v) is 11.0. The van der Waals surface area contributed by atoms with Gasteiger partial charge in [0.15, 0.2) is 0 Å². The van der Waals surface area contributed by atoms with Crippen LogP contribution >= 0.6 is 0 Å². The average Bonchev–Trinajstić information content (AvgIpc) is 1.00. The fraction of sp³-hybridized carbons (Fsp3) is 0. The van der Waals surface area contributed by atoms with E-state index in [0.717, 1.165) is 0 Å². The van der Waals surface area contributed by atoms with Crippen molar-refractivity contribution in [3.63, 3.8) is 0 Å². The van der Waals surface area contributed by atoms with Gasteiger partial charge in [-0.05, 0) is 0 Å². The van der Waals surface area contributed by atoms with E-state index in [2.05, 4.69) is 0 Å². The summed E-state index contributed by atoms with van der Waals surface area (Å²) in [5.74, 6) is 0. The van der Waals surface area contributed by atoms with Gasteiger partial charge in [-0.1, -0.05) is 0 Å². The number of hydrogen-bond acceptors (Lipinski definition) is 1. The van der Waals surface area contributed by atoms with Crippen LogP contribution in [0, 0.1) is 0 Å². The molecule has 0 bridgehead atoms. The minimum absolute atomic E-state index is 0. The van der Waals surface area contributed by atoms with Gasteiger partial charge in [0.1, 0.15) is 0 Å². The van der Waals surface area contributed by atoms with Crippen molar-refractivity contribution >= 4 is 63.9 Å². The van der Waals surface area contributed by atoms with Gasteiger partial charge in [-0.3, -0.25) is 0 Å². The summed E-state index contributed by atoms with van der Waals surface area (Å²) >= 11 is 2.00. The van der Waals surface area contributed by atoms with Crippen molar-refractivity contribution in [1.29, 1.82) is 0 Å². The van der Waals surface area contributed by atoms with Crippen LogP contribution in [0.4, 0.5) is 0 Å². The Kier molecular flexibility index (Phi) is 72.1. The third-order valence-electron chi connectivity index (χ3n) is 0. The van der Waals surface area contributed by atoms with Crippen LogP contribution in [-0.2, 0) is 19.8 Å². The molecule has 4 heteroatoms. The van der Waals surface area contributed by atoms with Crippen molar-refractivity contribution in [2.45, 2.75) is 0 Å². The third-order valence-corrected chi connectivity index (χ3v) is 0. The topological polar surface area (TPSA) is 17.1 Å². The van der Waals surface area contributed by atoms with E-state index in [0.29, 0.717) is 0 Å². The molecule has 26 valence electrons. The van der Waals surface area contributed by atoms with Gasteiger partial charge >= 0.3 is 83.7 Å². The molecule has 0 aromatic rings. The van der Waals surface area contributed by atoms with Crippen molar-refractivity contribution in [3.05, 3.63) is 0 Å². The minimum atomic E-state index is 0. The first-order chi connectivity index (χ1) is 1.00. The van der Waals surface area contributed by atoms with E-state index in [9.17, 15) is 0 Å². The van der Waals surface area contributed by atoms with E-state index < -0.39 is 0 Å². The van der Waals surface area contributed by atoms with Crippen LogP contribution in [0.5, 0.6) is 0 Å². The van der Waals surface area contributed by atoms with Crippen LogP contribution in [0.1, 0.15) is 2.85 Å². The van der Waals surface area contributed by atoms with E-state index in [1.165, 1.54) is 0 Å². The van der Waals surface area contributed by atoms with Crippen LogP contribution in [0.25, 0.3) is 0 Å². The average molecular weight is 326 g/mol. The van der Waals surface area contributed by atoms with Crippen molar-refractivity contribution in [2.24, 2.45) is 0 Å². The molecule has 0 heterocycles. The normalized spacial score (nSPS) is 1.25. The van der Waals surface area contributed by atoms with Gasteiger partial charge in [-0.15, -0.1) is 0 Å². The first kappa shape index (κ1) is 16.1. The first-order valence-corrected chi connectivity index (χ1v) is 0.595. The van der Waals surface area contributed by atoms with Gasteiger partial charge in [0.2, 0.25) is 0 Å². The molecule has 0 atom stereocenters. The molecule has 0 radical (unpaired) electrons. The molecule has 0 amide bonds. The Morgan fingerprint density at radius 2 is 1.50 bits per heavy atom. The molecule has 0 unspecified atom stereocenters. The molecule has 0 fully saturated rings. The molecular formula is H5BiCaFeO. The molecule has 0 aromatic carbocycles. The second kappa shape index (κ2) is 17.9. The molecule has 0 aliphatic carbocycles. The molecule has 0 N–H and O–H groups in total. The SMILES string of the molecule is [BiH3].[Ca+2].[H-].[H-].[O]=[Fe]. The van der Waals surface area contributed by atoms with Crippen molar-refractivity contribution < 1.29 is 22.6 Å². The fourth-order valence-corrected chi connectivity index (χ4v) is 0. The summed E-state index contributed by atoms with van der Waals surface area (Å²) in [6, 6.07) is 0. The summed E-state index contributed by atoms with van der Waals surface area (Å²) in [5.41, 5.74) is 0. The predicted molar refractivity (Wildman–Crippen MR) is 18.6 cm³/mol. The summed E-state index contributed by atoms with van der Waals surface area (Å²) < 4.78 is 8.00. The Morgan fingerprint density at radius 3 is 1.50 bits per heavy atom. The van der Waals surface area contributed by atoms with Crippen LogP contribution in [-0.4, -0.2) is 63.9 Å². The van der Waals surface area contributed by atoms with Crippen molar-refractivity contribution in [1.82, 2.24) is 0 Å². The summed E-state index contributed by atoms with van der Waals surface area (Å²) in [7, 11) is 0. The van der Waals surface area contributed by atoms with Gasteiger partial charge in [0, 0.05) is 0 Å². The van der Waals surface area contributed by atoms with Gasteiger partial charge in [0.05, 0.1) is 0 Å². The predicted octanol–water partition coefficient (Wildman–Crippen LogP) is -1.46. The summed E-state index contributed by atoms with van der Waals surface area (Å²) in [4.78, 5) is 0. The maximum absolute atomic E-state index is 8.00. The molecule has 0 aliphatic heterocycles. The van der Waals surface area contributed by atoms with Gasteiger partial charge in [0.25, 0.3) is 0 Å². The Hall–Kier alpha value is 2.46. The number of rotatable bonds is 0. The van der Waals surface area contributed by atoms with Crippen molar-refractivity contribution in [3.8, 4) is 0 Å². The molecule has 4 heavy (non-hydrogen) atoms. The van der Waals surface area contributed by atoms with E-state index in [4.69, 9.17) is 3.83 Å². The number of hydrogen-bond donors (Lipinski definition) is 0. The molecule has 0 aliphatic rings. The van der Waals surface area contributed by atoms with Gasteiger partial charge in [-0.2, -0.15) is 0 Å². The Labute approximate surface area is 85.0 Å². The molecule has 0 spiro atoms. The standard InChI is InChI=1S/Bi.Ca.Fe.O.5H/q;+2;;;;;;2*-1. The first-order valence-electron chi connectivity index (χ1n) is 0.144. The van der Waals surface area contributed by atoms with E-state index >= 15 is 0 Å². The fourth-order valence-electron chi connectivity index (χ4n) is 0. The molecule has 1 nitrogen and oxygen atoms in total. The molecule has 0 saturated heterocycles. The summed E-state index contributed by atoms with van der Waals surface area (Å²) in [6.07, 6.45) is 0. The van der Waals surface area contributed by atoms with Gasteiger partial charge < -0.3 is 2.85 Å². The second-order valence-corrected chi connectivity index (χ2v) is 0. The van der Waals surface area contributed by atoms with E-state index in [1.807, 2.05) is 15.9 Å². The van der Waals surface area contributed by atoms with Crippen LogP contribution in [0.2, 0.25) is 0 Å². The van der Waals surface area contributed by atoms with Gasteiger partial charge in [-0.25, -0.2) is 0 Å². The zero-order valence-electron chi connectivity index (χ0n) is 4.18. The molecule has 0 saturated carbocycles. The van der Waals surface area contributed by atoms with Crippen LogP contribution < -0.4 is 0 Å². The Balaban J connectivity index is -0.000000000833. The van der Waals surface area contributed by atoms with E-state index in [-0.39, 0.29) is 66.8 Å². The summed E-state index contributed by atoms with van der Waals surface area (Å²) in [6.45, 7) is 0.